The topological polar surface area (TPSA) is 59.5 Å². The second-order valence-electron chi connectivity index (χ2n) is 6.41. The molecule has 26 heavy (non-hydrogen) atoms. The van der Waals surface area contributed by atoms with Crippen molar-refractivity contribution in [3.8, 4) is 0 Å². The van der Waals surface area contributed by atoms with Gasteiger partial charge in [0, 0.05) is 35.6 Å². The number of amides is 3. The number of rotatable bonds is 3. The molecule has 3 heterocycles. The summed E-state index contributed by atoms with van der Waals surface area (Å²) >= 11 is 3.44. The first kappa shape index (κ1) is 16.8. The number of benzene rings is 1. The summed E-state index contributed by atoms with van der Waals surface area (Å²) in [5.41, 5.74) is 1.92. The Bertz CT molecular complexity index is 863. The van der Waals surface area contributed by atoms with Crippen molar-refractivity contribution in [3.63, 3.8) is 0 Å². The minimum atomic E-state index is -0.553. The van der Waals surface area contributed by atoms with E-state index in [0.717, 1.165) is 15.9 Å². The number of aliphatic imine (C=N–C) groups is 1. The molecular weight excluding hydrogens is 398 g/mol. The van der Waals surface area contributed by atoms with Crippen molar-refractivity contribution in [1.82, 2.24) is 14.7 Å². The summed E-state index contributed by atoms with van der Waals surface area (Å²) in [6.07, 6.45) is 2.94. The fraction of sp³-hybridized carbons (Fsp3) is 0.278. The average Bonchev–Trinajstić information content (AvgIpc) is 3.12. The van der Waals surface area contributed by atoms with Gasteiger partial charge in [-0.2, -0.15) is 0 Å². The SMILES string of the molecule is C=CCN1C(=O)C2C(N=C3N(c4ccc(Br)cc4)C(C)=CN32)N(C)C1=O. The maximum Gasteiger partial charge on any atom is 0.328 e. The number of likely N-dealkylation sites (N-methyl/N-ethyl adjacent to an activating group) is 1. The van der Waals surface area contributed by atoms with Gasteiger partial charge < -0.3 is 9.80 Å². The second-order valence-corrected chi connectivity index (χ2v) is 7.32. The van der Waals surface area contributed by atoms with Gasteiger partial charge in [0.25, 0.3) is 5.91 Å². The number of allylic oxidation sites excluding steroid dienone is 1. The van der Waals surface area contributed by atoms with E-state index in [1.54, 1.807) is 13.1 Å². The number of carbonyl (C=O) groups excluding carboxylic acids is 2. The molecule has 134 valence electrons. The van der Waals surface area contributed by atoms with E-state index >= 15 is 0 Å². The Kier molecular flexibility index (Phi) is 3.87. The monoisotopic (exact) mass is 415 g/mol. The maximum absolute atomic E-state index is 13.0. The van der Waals surface area contributed by atoms with E-state index in [9.17, 15) is 9.59 Å². The summed E-state index contributed by atoms with van der Waals surface area (Å²) in [5, 5.41) is 0. The first-order valence-electron chi connectivity index (χ1n) is 8.23. The highest BCUT2D eigenvalue weighted by atomic mass is 79.9. The van der Waals surface area contributed by atoms with E-state index in [1.807, 2.05) is 47.2 Å². The summed E-state index contributed by atoms with van der Waals surface area (Å²) < 4.78 is 0.988. The molecule has 0 N–H and O–H groups in total. The number of carbonyl (C=O) groups is 2. The molecule has 1 aromatic carbocycles. The van der Waals surface area contributed by atoms with Crippen LogP contribution in [0.15, 0.2) is 58.3 Å². The molecule has 8 heteroatoms. The van der Waals surface area contributed by atoms with Gasteiger partial charge in [-0.3, -0.25) is 14.6 Å². The molecule has 0 saturated carbocycles. The van der Waals surface area contributed by atoms with Gasteiger partial charge in [-0.05, 0) is 31.2 Å². The zero-order chi connectivity index (χ0) is 18.6. The van der Waals surface area contributed by atoms with Crippen molar-refractivity contribution >= 4 is 39.5 Å². The third kappa shape index (κ3) is 2.28. The Morgan fingerprint density at radius 1 is 1.27 bits per heavy atom. The first-order chi connectivity index (χ1) is 12.4. The summed E-state index contributed by atoms with van der Waals surface area (Å²) in [4.78, 5) is 36.8. The molecule has 1 fully saturated rings. The van der Waals surface area contributed by atoms with Gasteiger partial charge in [0.15, 0.2) is 12.2 Å². The Morgan fingerprint density at radius 2 is 1.96 bits per heavy atom. The number of hydrogen-bond acceptors (Lipinski definition) is 5. The Balaban J connectivity index is 1.73. The van der Waals surface area contributed by atoms with Gasteiger partial charge in [-0.15, -0.1) is 6.58 Å². The second kappa shape index (κ2) is 5.98. The van der Waals surface area contributed by atoms with Crippen LogP contribution in [0.25, 0.3) is 0 Å². The van der Waals surface area contributed by atoms with Crippen molar-refractivity contribution in [1.29, 1.82) is 0 Å². The quantitative estimate of drug-likeness (QED) is 0.711. The number of nitrogens with zero attached hydrogens (tertiary/aromatic N) is 5. The van der Waals surface area contributed by atoms with Crippen molar-refractivity contribution in [2.24, 2.45) is 4.99 Å². The predicted molar refractivity (Wildman–Crippen MR) is 102 cm³/mol. The highest BCUT2D eigenvalue weighted by molar-refractivity contribution is 9.10. The van der Waals surface area contributed by atoms with Gasteiger partial charge >= 0.3 is 6.03 Å². The molecule has 4 rings (SSSR count). The Labute approximate surface area is 160 Å². The van der Waals surface area contributed by atoms with Gasteiger partial charge in [0.1, 0.15) is 0 Å². The van der Waals surface area contributed by atoms with Gasteiger partial charge in [0.05, 0.1) is 0 Å². The smallest absolute Gasteiger partial charge is 0.302 e. The van der Waals surface area contributed by atoms with E-state index in [4.69, 9.17) is 4.99 Å². The summed E-state index contributed by atoms with van der Waals surface area (Å²) in [5.74, 6) is 0.409. The molecule has 3 aliphatic heterocycles. The molecule has 3 aliphatic rings. The van der Waals surface area contributed by atoms with Gasteiger partial charge in [-0.1, -0.05) is 22.0 Å². The van der Waals surface area contributed by atoms with E-state index in [2.05, 4.69) is 22.5 Å². The Morgan fingerprint density at radius 3 is 2.62 bits per heavy atom. The molecule has 3 amide bonds. The van der Waals surface area contributed by atoms with Crippen LogP contribution in [0.4, 0.5) is 10.5 Å². The first-order valence-corrected chi connectivity index (χ1v) is 9.02. The lowest BCUT2D eigenvalue weighted by atomic mass is 10.1. The molecule has 0 bridgehead atoms. The van der Waals surface area contributed by atoms with Crippen molar-refractivity contribution in [2.75, 3.05) is 18.5 Å². The highest BCUT2D eigenvalue weighted by Gasteiger charge is 2.54. The lowest BCUT2D eigenvalue weighted by Gasteiger charge is -2.39. The van der Waals surface area contributed by atoms with Crippen LogP contribution < -0.4 is 4.90 Å². The summed E-state index contributed by atoms with van der Waals surface area (Å²) in [6.45, 7) is 5.80. The largest absolute Gasteiger partial charge is 0.328 e. The van der Waals surface area contributed by atoms with E-state index in [1.165, 1.54) is 9.80 Å². The Hall–Kier alpha value is -2.61. The number of guanidine groups is 1. The van der Waals surface area contributed by atoms with Crippen molar-refractivity contribution < 1.29 is 9.59 Å². The number of hydrogen-bond donors (Lipinski definition) is 0. The number of fused-ring (bicyclic) bond motifs is 3. The van der Waals surface area contributed by atoms with Crippen LogP contribution in [-0.2, 0) is 4.79 Å². The van der Waals surface area contributed by atoms with Crippen LogP contribution in [0.5, 0.6) is 0 Å². The van der Waals surface area contributed by atoms with E-state index < -0.39 is 12.2 Å². The molecule has 1 saturated heterocycles. The summed E-state index contributed by atoms with van der Waals surface area (Å²) in [7, 11) is 1.68. The van der Waals surface area contributed by atoms with Crippen LogP contribution in [-0.4, -0.2) is 58.4 Å². The maximum atomic E-state index is 13.0. The third-order valence-corrected chi connectivity index (χ3v) is 5.31. The lowest BCUT2D eigenvalue weighted by Crippen LogP contribution is -2.64. The number of imide groups is 1. The predicted octanol–water partition coefficient (Wildman–Crippen LogP) is 2.58. The van der Waals surface area contributed by atoms with Crippen LogP contribution in [0.1, 0.15) is 6.92 Å². The van der Waals surface area contributed by atoms with E-state index in [0.29, 0.717) is 5.96 Å². The fourth-order valence-electron chi connectivity index (χ4n) is 3.56. The van der Waals surface area contributed by atoms with Gasteiger partial charge in [-0.25, -0.2) is 9.79 Å². The minimum Gasteiger partial charge on any atom is -0.302 e. The van der Waals surface area contributed by atoms with Crippen LogP contribution in [0.2, 0.25) is 0 Å². The fourth-order valence-corrected chi connectivity index (χ4v) is 3.82. The standard InChI is InChI=1S/C18H18BrN5O2/c1-4-9-22-16(25)14-15(21(3)18(22)26)20-17-23(14)10-11(2)24(17)13-7-5-12(19)6-8-13/h4-8,10,14-15H,1,9H2,2-3H3. The van der Waals surface area contributed by atoms with Crippen molar-refractivity contribution in [3.05, 3.63) is 53.3 Å². The summed E-state index contributed by atoms with van der Waals surface area (Å²) in [6, 6.07) is 6.98. The number of anilines is 1. The minimum absolute atomic E-state index is 0.188. The molecule has 2 atom stereocenters. The number of halogens is 1. The van der Waals surface area contributed by atoms with Crippen molar-refractivity contribution in [2.45, 2.75) is 19.1 Å². The van der Waals surface area contributed by atoms with Crippen LogP contribution in [0.3, 0.4) is 0 Å². The molecule has 0 aromatic heterocycles. The van der Waals surface area contributed by atoms with Gasteiger partial charge in [0.2, 0.25) is 5.96 Å². The van der Waals surface area contributed by atoms with Crippen LogP contribution >= 0.6 is 15.9 Å². The zero-order valence-electron chi connectivity index (χ0n) is 14.5. The lowest BCUT2D eigenvalue weighted by molar-refractivity contribution is -0.136. The third-order valence-electron chi connectivity index (χ3n) is 4.78. The normalized spacial score (nSPS) is 24.6. The molecular formula is C18H18BrN5O2. The molecule has 7 nitrogen and oxygen atoms in total. The van der Waals surface area contributed by atoms with Crippen LogP contribution in [0, 0.1) is 0 Å². The molecule has 2 unspecified atom stereocenters. The average molecular weight is 416 g/mol. The molecule has 0 radical (unpaired) electrons. The molecule has 1 aromatic rings. The number of urea groups is 1. The highest BCUT2D eigenvalue weighted by Crippen LogP contribution is 2.36. The van der Waals surface area contributed by atoms with E-state index in [-0.39, 0.29) is 18.5 Å². The molecule has 0 spiro atoms. The zero-order valence-corrected chi connectivity index (χ0v) is 16.0. The molecule has 0 aliphatic carbocycles.